The monoisotopic (exact) mass is 248 g/mol. The van der Waals surface area contributed by atoms with Crippen LogP contribution in [0.5, 0.6) is 0 Å². The third-order valence-corrected chi connectivity index (χ3v) is 2.83. The van der Waals surface area contributed by atoms with Crippen molar-refractivity contribution < 1.29 is 4.79 Å². The lowest BCUT2D eigenvalue weighted by Crippen LogP contribution is -2.34. The number of halogens is 1. The third kappa shape index (κ3) is 5.16. The van der Waals surface area contributed by atoms with E-state index in [0.29, 0.717) is 13.1 Å². The predicted octanol–water partition coefficient (Wildman–Crippen LogP) is 1.42. The van der Waals surface area contributed by atoms with Gasteiger partial charge in [-0.2, -0.15) is 11.3 Å². The zero-order valence-electron chi connectivity index (χ0n) is 8.73. The zero-order chi connectivity index (χ0) is 10.4. The van der Waals surface area contributed by atoms with E-state index in [1.54, 1.807) is 11.3 Å². The summed E-state index contributed by atoms with van der Waals surface area (Å²) in [6, 6.07) is 2.07. The molecule has 5 heteroatoms. The van der Waals surface area contributed by atoms with Gasteiger partial charge in [-0.05, 0) is 28.8 Å². The maximum absolute atomic E-state index is 11.3. The van der Waals surface area contributed by atoms with Crippen molar-refractivity contribution in [3.63, 3.8) is 0 Å². The van der Waals surface area contributed by atoms with Crippen LogP contribution in [0.1, 0.15) is 12.5 Å². The Kier molecular flexibility index (Phi) is 7.38. The lowest BCUT2D eigenvalue weighted by molar-refractivity contribution is -0.124. The van der Waals surface area contributed by atoms with Crippen LogP contribution in [0.4, 0.5) is 0 Å². The quantitative estimate of drug-likeness (QED) is 0.828. The second kappa shape index (κ2) is 7.68. The lowest BCUT2D eigenvalue weighted by Gasteiger charge is -2.08. The Balaban J connectivity index is 0.00000196. The lowest BCUT2D eigenvalue weighted by atomic mass is 10.1. The minimum atomic E-state index is -0.0857. The molecule has 1 unspecified atom stereocenters. The van der Waals surface area contributed by atoms with Crippen LogP contribution >= 0.6 is 23.7 Å². The first kappa shape index (κ1) is 14.4. The predicted molar refractivity (Wildman–Crippen MR) is 66.5 cm³/mol. The Bertz CT molecular complexity index is 277. The molecular formula is C10H17ClN2OS. The number of carbonyl (C=O) groups is 1. The van der Waals surface area contributed by atoms with E-state index in [1.807, 2.05) is 12.3 Å². The fourth-order valence-electron chi connectivity index (χ4n) is 1.05. The smallest absolute Gasteiger partial charge is 0.224 e. The Labute approximate surface area is 100 Å². The molecule has 0 fully saturated rings. The van der Waals surface area contributed by atoms with Crippen LogP contribution < -0.4 is 11.1 Å². The molecule has 0 spiro atoms. The van der Waals surface area contributed by atoms with Gasteiger partial charge in [-0.1, -0.05) is 6.92 Å². The van der Waals surface area contributed by atoms with Crippen molar-refractivity contribution in [2.45, 2.75) is 13.3 Å². The first-order valence-corrected chi connectivity index (χ1v) is 5.67. The highest BCUT2D eigenvalue weighted by molar-refractivity contribution is 7.07. The van der Waals surface area contributed by atoms with E-state index in [9.17, 15) is 4.79 Å². The molecule has 0 aliphatic heterocycles. The van der Waals surface area contributed by atoms with E-state index in [-0.39, 0.29) is 24.2 Å². The molecule has 3 nitrogen and oxygen atoms in total. The van der Waals surface area contributed by atoms with Gasteiger partial charge in [0.05, 0.1) is 0 Å². The number of carbonyl (C=O) groups excluding carboxylic acids is 1. The van der Waals surface area contributed by atoms with Crippen LogP contribution in [-0.2, 0) is 11.2 Å². The maximum atomic E-state index is 11.3. The molecule has 0 bridgehead atoms. The van der Waals surface area contributed by atoms with Gasteiger partial charge in [-0.3, -0.25) is 4.79 Å². The SMILES string of the molecule is CC(CN)C(=O)NCCc1ccsc1.Cl. The highest BCUT2D eigenvalue weighted by Gasteiger charge is 2.09. The molecule has 0 saturated carbocycles. The summed E-state index contributed by atoms with van der Waals surface area (Å²) in [4.78, 5) is 11.3. The number of thiophene rings is 1. The minimum absolute atomic E-state index is 0. The van der Waals surface area contributed by atoms with Gasteiger partial charge in [-0.25, -0.2) is 0 Å². The molecule has 0 aliphatic rings. The number of amides is 1. The number of nitrogens with two attached hydrogens (primary N) is 1. The Hall–Kier alpha value is -0.580. The van der Waals surface area contributed by atoms with Crippen molar-refractivity contribution in [3.8, 4) is 0 Å². The molecule has 1 amide bonds. The largest absolute Gasteiger partial charge is 0.355 e. The van der Waals surface area contributed by atoms with E-state index >= 15 is 0 Å². The summed E-state index contributed by atoms with van der Waals surface area (Å²) in [5, 5.41) is 6.99. The van der Waals surface area contributed by atoms with E-state index < -0.39 is 0 Å². The highest BCUT2D eigenvalue weighted by atomic mass is 35.5. The standard InChI is InChI=1S/C10H16N2OS.ClH/c1-8(6-11)10(13)12-4-2-9-3-5-14-7-9;/h3,5,7-8H,2,4,6,11H2,1H3,(H,12,13);1H. The van der Waals surface area contributed by atoms with Crippen molar-refractivity contribution >= 4 is 29.7 Å². The summed E-state index contributed by atoms with van der Waals surface area (Å²) in [5.41, 5.74) is 6.65. The van der Waals surface area contributed by atoms with Crippen LogP contribution in [0.15, 0.2) is 16.8 Å². The molecule has 1 atom stereocenters. The zero-order valence-corrected chi connectivity index (χ0v) is 10.4. The van der Waals surface area contributed by atoms with Crippen molar-refractivity contribution in [1.29, 1.82) is 0 Å². The van der Waals surface area contributed by atoms with Crippen LogP contribution in [0.3, 0.4) is 0 Å². The van der Waals surface area contributed by atoms with Gasteiger partial charge in [0.1, 0.15) is 0 Å². The van der Waals surface area contributed by atoms with E-state index in [1.165, 1.54) is 5.56 Å². The summed E-state index contributed by atoms with van der Waals surface area (Å²) in [6.45, 7) is 2.93. The summed E-state index contributed by atoms with van der Waals surface area (Å²) in [6.07, 6.45) is 0.895. The van der Waals surface area contributed by atoms with Crippen LogP contribution in [0, 0.1) is 5.92 Å². The number of hydrogen-bond acceptors (Lipinski definition) is 3. The summed E-state index contributed by atoms with van der Waals surface area (Å²) in [7, 11) is 0. The molecule has 0 aromatic carbocycles. The van der Waals surface area contributed by atoms with Gasteiger partial charge in [0.15, 0.2) is 0 Å². The van der Waals surface area contributed by atoms with Gasteiger partial charge in [-0.15, -0.1) is 12.4 Å². The van der Waals surface area contributed by atoms with E-state index in [0.717, 1.165) is 6.42 Å². The maximum Gasteiger partial charge on any atom is 0.224 e. The number of hydrogen-bond donors (Lipinski definition) is 2. The minimum Gasteiger partial charge on any atom is -0.355 e. The van der Waals surface area contributed by atoms with Gasteiger partial charge >= 0.3 is 0 Å². The molecule has 0 aliphatic carbocycles. The first-order chi connectivity index (χ1) is 6.74. The van der Waals surface area contributed by atoms with Gasteiger partial charge in [0, 0.05) is 19.0 Å². The summed E-state index contributed by atoms with van der Waals surface area (Å²) in [5.74, 6) is -0.0415. The van der Waals surface area contributed by atoms with Gasteiger partial charge in [0.2, 0.25) is 5.91 Å². The molecule has 1 rings (SSSR count). The van der Waals surface area contributed by atoms with Crippen LogP contribution in [0.2, 0.25) is 0 Å². The van der Waals surface area contributed by atoms with Crippen molar-refractivity contribution in [1.82, 2.24) is 5.32 Å². The second-order valence-electron chi connectivity index (χ2n) is 3.31. The Morgan fingerprint density at radius 1 is 1.67 bits per heavy atom. The normalized spacial score (nSPS) is 11.6. The van der Waals surface area contributed by atoms with Crippen molar-refractivity contribution in [2.75, 3.05) is 13.1 Å². The highest BCUT2D eigenvalue weighted by Crippen LogP contribution is 2.05. The van der Waals surface area contributed by atoms with Crippen molar-refractivity contribution in [2.24, 2.45) is 11.7 Å². The average molecular weight is 249 g/mol. The molecular weight excluding hydrogens is 232 g/mol. The van der Waals surface area contributed by atoms with Gasteiger partial charge in [0.25, 0.3) is 0 Å². The van der Waals surface area contributed by atoms with E-state index in [2.05, 4.69) is 16.8 Å². The summed E-state index contributed by atoms with van der Waals surface area (Å²) >= 11 is 1.68. The molecule has 86 valence electrons. The topological polar surface area (TPSA) is 55.1 Å². The third-order valence-electron chi connectivity index (χ3n) is 2.09. The Morgan fingerprint density at radius 3 is 2.93 bits per heavy atom. The van der Waals surface area contributed by atoms with Crippen LogP contribution in [0.25, 0.3) is 0 Å². The summed E-state index contributed by atoms with van der Waals surface area (Å²) < 4.78 is 0. The fraction of sp³-hybridized carbons (Fsp3) is 0.500. The number of rotatable bonds is 5. The Morgan fingerprint density at radius 2 is 2.40 bits per heavy atom. The molecule has 3 N–H and O–H groups in total. The van der Waals surface area contributed by atoms with Crippen LogP contribution in [-0.4, -0.2) is 19.0 Å². The average Bonchev–Trinajstić information content (AvgIpc) is 2.69. The molecule has 15 heavy (non-hydrogen) atoms. The molecule has 0 radical (unpaired) electrons. The number of nitrogens with one attached hydrogen (secondary N) is 1. The molecule has 0 saturated heterocycles. The van der Waals surface area contributed by atoms with Gasteiger partial charge < -0.3 is 11.1 Å². The second-order valence-corrected chi connectivity index (χ2v) is 4.09. The first-order valence-electron chi connectivity index (χ1n) is 4.73. The van der Waals surface area contributed by atoms with Crippen molar-refractivity contribution in [3.05, 3.63) is 22.4 Å². The van der Waals surface area contributed by atoms with E-state index in [4.69, 9.17) is 5.73 Å². The molecule has 1 aromatic rings. The molecule has 1 heterocycles. The fourth-order valence-corrected chi connectivity index (χ4v) is 1.75. The molecule has 1 aromatic heterocycles.